The average Bonchev–Trinajstić information content (AvgIpc) is 2.57. The third kappa shape index (κ3) is 5.47. The maximum absolute atomic E-state index is 12.7. The normalized spacial score (nSPS) is 14.0. The quantitative estimate of drug-likeness (QED) is 0.366. The number of hydrogen-bond donors (Lipinski definition) is 0. The van der Waals surface area contributed by atoms with Crippen LogP contribution < -0.4 is 9.99 Å². The minimum Gasteiger partial charge on any atom is -0.543 e. The largest absolute Gasteiger partial charge is 0.543 e. The van der Waals surface area contributed by atoms with E-state index in [9.17, 15) is 4.79 Å². The van der Waals surface area contributed by atoms with Gasteiger partial charge in [-0.2, -0.15) is 5.10 Å². The zero-order valence-corrected chi connectivity index (χ0v) is 21.5. The fourth-order valence-corrected chi connectivity index (χ4v) is 4.87. The molecule has 1 atom stereocenters. The summed E-state index contributed by atoms with van der Waals surface area (Å²) in [5, 5.41) is 4.73. The van der Waals surface area contributed by atoms with Gasteiger partial charge >= 0.3 is 0 Å². The Morgan fingerprint density at radius 3 is 2.28 bits per heavy atom. The van der Waals surface area contributed by atoms with Gasteiger partial charge in [-0.1, -0.05) is 50.6 Å². The van der Waals surface area contributed by atoms with Crippen molar-refractivity contribution in [2.24, 2.45) is 0 Å². The van der Waals surface area contributed by atoms with Crippen LogP contribution >= 0.6 is 23.4 Å². The second kappa shape index (κ2) is 8.48. The first-order chi connectivity index (χ1) is 13.1. The molecule has 0 radical (unpaired) electrons. The SMILES string of the molecule is CC(Sc1cnn(C(C)(C)C)c(=O)c1Cl)c1ccccc1O[Si](C)(C)C(C)(C)C. The molecule has 0 saturated heterocycles. The van der Waals surface area contributed by atoms with E-state index in [1.807, 2.05) is 39.0 Å². The molecule has 0 bridgehead atoms. The maximum Gasteiger partial charge on any atom is 0.287 e. The fraction of sp³-hybridized carbons (Fsp3) is 0.545. The van der Waals surface area contributed by atoms with Gasteiger partial charge in [0.2, 0.25) is 8.32 Å². The second-order valence-electron chi connectivity index (χ2n) is 9.87. The van der Waals surface area contributed by atoms with Crippen molar-refractivity contribution >= 4 is 31.7 Å². The highest BCUT2D eigenvalue weighted by atomic mass is 35.5. The lowest BCUT2D eigenvalue weighted by Crippen LogP contribution is -2.44. The van der Waals surface area contributed by atoms with Gasteiger partial charge in [0, 0.05) is 10.8 Å². The highest BCUT2D eigenvalue weighted by Crippen LogP contribution is 2.43. The smallest absolute Gasteiger partial charge is 0.287 e. The highest BCUT2D eigenvalue weighted by molar-refractivity contribution is 7.99. The summed E-state index contributed by atoms with van der Waals surface area (Å²) in [5.74, 6) is 0.909. The molecule has 29 heavy (non-hydrogen) atoms. The Bertz CT molecular complexity index is 930. The van der Waals surface area contributed by atoms with Crippen LogP contribution in [0.5, 0.6) is 5.75 Å². The first-order valence-corrected chi connectivity index (χ1v) is 14.0. The zero-order chi connectivity index (χ0) is 22.2. The molecule has 4 nitrogen and oxygen atoms in total. The van der Waals surface area contributed by atoms with Gasteiger partial charge in [0.1, 0.15) is 10.8 Å². The molecule has 1 unspecified atom stereocenters. The van der Waals surface area contributed by atoms with Crippen LogP contribution in [-0.4, -0.2) is 18.1 Å². The Morgan fingerprint density at radius 2 is 1.72 bits per heavy atom. The van der Waals surface area contributed by atoms with Crippen molar-refractivity contribution in [2.45, 2.75) is 82.3 Å². The number of aromatic nitrogens is 2. The number of para-hydroxylation sites is 1. The molecule has 0 N–H and O–H groups in total. The van der Waals surface area contributed by atoms with E-state index in [4.69, 9.17) is 16.0 Å². The van der Waals surface area contributed by atoms with E-state index in [1.165, 1.54) is 16.4 Å². The molecule has 1 aromatic carbocycles. The van der Waals surface area contributed by atoms with Crippen molar-refractivity contribution in [1.29, 1.82) is 0 Å². The lowest BCUT2D eigenvalue weighted by atomic mass is 10.1. The van der Waals surface area contributed by atoms with Gasteiger partial charge in [0.25, 0.3) is 5.56 Å². The molecule has 0 saturated carbocycles. The van der Waals surface area contributed by atoms with Crippen LogP contribution in [0.25, 0.3) is 0 Å². The summed E-state index contributed by atoms with van der Waals surface area (Å²) >= 11 is 7.96. The van der Waals surface area contributed by atoms with Gasteiger partial charge in [-0.15, -0.1) is 11.8 Å². The molecule has 0 aliphatic carbocycles. The van der Waals surface area contributed by atoms with Gasteiger partial charge in [0.15, 0.2) is 0 Å². The van der Waals surface area contributed by atoms with Crippen LogP contribution in [0, 0.1) is 0 Å². The topological polar surface area (TPSA) is 44.1 Å². The molecule has 0 amide bonds. The molecule has 0 fully saturated rings. The number of hydrogen-bond acceptors (Lipinski definition) is 4. The molecule has 0 aliphatic rings. The van der Waals surface area contributed by atoms with Crippen LogP contribution in [-0.2, 0) is 5.54 Å². The molecule has 1 aromatic heterocycles. The van der Waals surface area contributed by atoms with Crippen LogP contribution in [0.15, 0.2) is 40.2 Å². The molecule has 0 spiro atoms. The molecule has 7 heteroatoms. The average molecular weight is 453 g/mol. The van der Waals surface area contributed by atoms with E-state index < -0.39 is 13.9 Å². The Balaban J connectivity index is 2.35. The van der Waals surface area contributed by atoms with Gasteiger partial charge in [-0.3, -0.25) is 4.79 Å². The Morgan fingerprint density at radius 1 is 1.14 bits per heavy atom. The highest BCUT2D eigenvalue weighted by Gasteiger charge is 2.39. The minimum absolute atomic E-state index is 0.0557. The Kier molecular flexibility index (Phi) is 7.03. The van der Waals surface area contributed by atoms with Crippen molar-refractivity contribution < 1.29 is 4.43 Å². The summed E-state index contributed by atoms with van der Waals surface area (Å²) in [5.41, 5.74) is 0.416. The van der Waals surface area contributed by atoms with Crippen molar-refractivity contribution in [1.82, 2.24) is 9.78 Å². The first-order valence-electron chi connectivity index (χ1n) is 9.88. The van der Waals surface area contributed by atoms with Gasteiger partial charge in [0.05, 0.1) is 16.6 Å². The number of benzene rings is 1. The van der Waals surface area contributed by atoms with E-state index in [2.05, 4.69) is 52.0 Å². The summed E-state index contributed by atoms with van der Waals surface area (Å²) in [7, 11) is -1.96. The molecule has 1 heterocycles. The Hall–Kier alpha value is -1.24. The van der Waals surface area contributed by atoms with Crippen LogP contribution in [0.1, 0.15) is 59.3 Å². The van der Waals surface area contributed by atoms with Gasteiger partial charge < -0.3 is 4.43 Å². The number of thioether (sulfide) groups is 1. The number of rotatable bonds is 5. The molecule has 2 aromatic rings. The molecular formula is C22H33ClN2O2SSi. The van der Waals surface area contributed by atoms with Crippen molar-refractivity contribution in [2.75, 3.05) is 0 Å². The van der Waals surface area contributed by atoms with Crippen LogP contribution in [0.4, 0.5) is 0 Å². The van der Waals surface area contributed by atoms with Crippen molar-refractivity contribution in [3.05, 3.63) is 51.4 Å². The van der Waals surface area contributed by atoms with E-state index in [0.29, 0.717) is 4.90 Å². The molecule has 0 aliphatic heterocycles. The van der Waals surface area contributed by atoms with E-state index >= 15 is 0 Å². The molecule has 160 valence electrons. The number of halogens is 1. The standard InChI is InChI=1S/C22H33ClN2O2SSi/c1-15(28-18-14-24-25(21(2,3)4)20(26)19(18)23)16-12-10-11-13-17(16)27-29(8,9)22(5,6)7/h10-15H,1-9H3. The lowest BCUT2D eigenvalue weighted by molar-refractivity contribution is 0.336. The van der Waals surface area contributed by atoms with E-state index in [0.717, 1.165) is 11.3 Å². The predicted octanol–water partition coefficient (Wildman–Crippen LogP) is 6.89. The predicted molar refractivity (Wildman–Crippen MR) is 127 cm³/mol. The fourth-order valence-electron chi connectivity index (χ4n) is 2.57. The lowest BCUT2D eigenvalue weighted by Gasteiger charge is -2.37. The third-order valence-corrected chi connectivity index (χ3v) is 11.3. The summed E-state index contributed by atoms with van der Waals surface area (Å²) in [6.45, 7) is 19.1. The monoisotopic (exact) mass is 452 g/mol. The summed E-state index contributed by atoms with van der Waals surface area (Å²) < 4.78 is 8.01. The minimum atomic E-state index is -1.96. The van der Waals surface area contributed by atoms with Gasteiger partial charge in [-0.25, -0.2) is 4.68 Å². The van der Waals surface area contributed by atoms with E-state index in [1.54, 1.807) is 6.20 Å². The maximum atomic E-state index is 12.7. The summed E-state index contributed by atoms with van der Waals surface area (Å²) in [6, 6.07) is 8.13. The zero-order valence-electron chi connectivity index (χ0n) is 19.0. The van der Waals surface area contributed by atoms with Gasteiger partial charge in [-0.05, 0) is 51.9 Å². The van der Waals surface area contributed by atoms with Crippen LogP contribution in [0.3, 0.4) is 0 Å². The van der Waals surface area contributed by atoms with Crippen molar-refractivity contribution in [3.8, 4) is 5.75 Å². The summed E-state index contributed by atoms with van der Waals surface area (Å²) in [4.78, 5) is 13.3. The third-order valence-electron chi connectivity index (χ3n) is 5.35. The number of nitrogens with zero attached hydrogens (tertiary/aromatic N) is 2. The van der Waals surface area contributed by atoms with E-state index in [-0.39, 0.29) is 20.9 Å². The summed E-state index contributed by atoms with van der Waals surface area (Å²) in [6.07, 6.45) is 1.69. The Labute approximate surface area is 185 Å². The molecule has 2 rings (SSSR count). The van der Waals surface area contributed by atoms with Crippen LogP contribution in [0.2, 0.25) is 23.2 Å². The molecular weight excluding hydrogens is 420 g/mol. The first kappa shape index (κ1) is 24.0. The second-order valence-corrected chi connectivity index (χ2v) is 16.4. The van der Waals surface area contributed by atoms with Crippen molar-refractivity contribution in [3.63, 3.8) is 0 Å².